The Balaban J connectivity index is 1.94. The van der Waals surface area contributed by atoms with Crippen molar-refractivity contribution in [3.05, 3.63) is 29.8 Å². The molecule has 1 aromatic carbocycles. The van der Waals surface area contributed by atoms with Gasteiger partial charge in [-0.15, -0.1) is 0 Å². The third kappa shape index (κ3) is 3.84. The van der Waals surface area contributed by atoms with Crippen LogP contribution in [0.3, 0.4) is 0 Å². The number of halogens is 3. The number of rotatable bonds is 3. The first-order chi connectivity index (χ1) is 8.76. The van der Waals surface area contributed by atoms with Crippen LogP contribution in [0.4, 0.5) is 13.2 Å². The zero-order valence-electron chi connectivity index (χ0n) is 10.7. The number of benzene rings is 1. The Morgan fingerprint density at radius 3 is 2.68 bits per heavy atom. The number of ether oxygens (including phenoxy) is 3. The van der Waals surface area contributed by atoms with Crippen molar-refractivity contribution in [3.63, 3.8) is 0 Å². The Labute approximate surface area is 109 Å². The fraction of sp³-hybridized carbons (Fsp3) is 0.538. The summed E-state index contributed by atoms with van der Waals surface area (Å²) in [5.74, 6) is -0.495. The fourth-order valence-corrected chi connectivity index (χ4v) is 1.80. The van der Waals surface area contributed by atoms with E-state index in [9.17, 15) is 13.2 Å². The van der Waals surface area contributed by atoms with Crippen LogP contribution in [0, 0.1) is 0 Å². The van der Waals surface area contributed by atoms with Gasteiger partial charge in [0.2, 0.25) is 0 Å². The van der Waals surface area contributed by atoms with Gasteiger partial charge in [0.15, 0.2) is 5.79 Å². The van der Waals surface area contributed by atoms with Crippen molar-refractivity contribution in [1.29, 1.82) is 0 Å². The molecule has 0 spiro atoms. The van der Waals surface area contributed by atoms with Gasteiger partial charge in [-0.3, -0.25) is 0 Å². The summed E-state index contributed by atoms with van der Waals surface area (Å²) in [6, 6.07) is 4.77. The van der Waals surface area contributed by atoms with E-state index < -0.39 is 17.5 Å². The summed E-state index contributed by atoms with van der Waals surface area (Å²) in [7, 11) is 0. The van der Waals surface area contributed by atoms with Crippen LogP contribution in [-0.2, 0) is 15.7 Å². The van der Waals surface area contributed by atoms with Gasteiger partial charge >= 0.3 is 6.18 Å². The Bertz CT molecular complexity index is 443. The highest BCUT2D eigenvalue weighted by Crippen LogP contribution is 2.31. The molecule has 0 aromatic heterocycles. The molecule has 0 aliphatic carbocycles. The molecule has 1 atom stereocenters. The zero-order valence-corrected chi connectivity index (χ0v) is 10.7. The number of alkyl halides is 3. The summed E-state index contributed by atoms with van der Waals surface area (Å²) in [6.45, 7) is 4.07. The van der Waals surface area contributed by atoms with Gasteiger partial charge < -0.3 is 14.2 Å². The van der Waals surface area contributed by atoms with E-state index in [1.165, 1.54) is 12.1 Å². The van der Waals surface area contributed by atoms with Crippen molar-refractivity contribution in [2.24, 2.45) is 0 Å². The highest BCUT2D eigenvalue weighted by atomic mass is 19.4. The second-order valence-electron chi connectivity index (χ2n) is 4.79. The molecule has 0 amide bonds. The molecule has 1 saturated heterocycles. The molecule has 0 saturated carbocycles. The van der Waals surface area contributed by atoms with Crippen LogP contribution in [0.15, 0.2) is 24.3 Å². The summed E-state index contributed by atoms with van der Waals surface area (Å²) in [4.78, 5) is 0. The van der Waals surface area contributed by atoms with Gasteiger partial charge in [-0.05, 0) is 32.0 Å². The maximum Gasteiger partial charge on any atom is 0.416 e. The van der Waals surface area contributed by atoms with Crippen LogP contribution >= 0.6 is 0 Å². The summed E-state index contributed by atoms with van der Waals surface area (Å²) in [6.07, 6.45) is -4.64. The average molecular weight is 276 g/mol. The predicted octanol–water partition coefficient (Wildman–Crippen LogP) is 3.24. The normalized spacial score (nSPS) is 22.5. The van der Waals surface area contributed by atoms with Crippen LogP contribution in [0.1, 0.15) is 19.4 Å². The van der Waals surface area contributed by atoms with E-state index in [1.807, 2.05) is 0 Å². The summed E-state index contributed by atoms with van der Waals surface area (Å²) < 4.78 is 53.7. The Morgan fingerprint density at radius 2 is 2.11 bits per heavy atom. The molecule has 1 aliphatic rings. The van der Waals surface area contributed by atoms with Gasteiger partial charge in [0.25, 0.3) is 0 Å². The molecule has 0 N–H and O–H groups in total. The second kappa shape index (κ2) is 5.02. The monoisotopic (exact) mass is 276 g/mol. The lowest BCUT2D eigenvalue weighted by atomic mass is 10.2. The highest BCUT2D eigenvalue weighted by Gasteiger charge is 2.33. The molecule has 2 rings (SSSR count). The van der Waals surface area contributed by atoms with E-state index >= 15 is 0 Å². The minimum Gasteiger partial charge on any atom is -0.491 e. The standard InChI is InChI=1S/C13H15F3O3/c1-12(2)18-8-11(19-12)7-17-10-5-3-4-9(6-10)13(14,15)16/h3-6,11H,7-8H2,1-2H3/t11-/m0/s1. The topological polar surface area (TPSA) is 27.7 Å². The number of hydrogen-bond acceptors (Lipinski definition) is 3. The maximum atomic E-state index is 12.5. The van der Waals surface area contributed by atoms with Crippen molar-refractivity contribution < 1.29 is 27.4 Å². The van der Waals surface area contributed by atoms with E-state index in [1.54, 1.807) is 13.8 Å². The van der Waals surface area contributed by atoms with E-state index in [0.29, 0.717) is 6.61 Å². The van der Waals surface area contributed by atoms with Crippen LogP contribution in [-0.4, -0.2) is 25.1 Å². The first-order valence-electron chi connectivity index (χ1n) is 5.88. The lowest BCUT2D eigenvalue weighted by Gasteiger charge is -2.17. The molecule has 1 aromatic rings. The molecule has 19 heavy (non-hydrogen) atoms. The van der Waals surface area contributed by atoms with E-state index in [0.717, 1.165) is 12.1 Å². The Kier molecular flexibility index (Phi) is 3.73. The first kappa shape index (κ1) is 14.1. The largest absolute Gasteiger partial charge is 0.491 e. The quantitative estimate of drug-likeness (QED) is 0.848. The van der Waals surface area contributed by atoms with E-state index in [-0.39, 0.29) is 18.5 Å². The van der Waals surface area contributed by atoms with E-state index in [2.05, 4.69) is 0 Å². The molecule has 0 bridgehead atoms. The molecule has 0 radical (unpaired) electrons. The minimum atomic E-state index is -4.37. The van der Waals surface area contributed by atoms with Crippen molar-refractivity contribution >= 4 is 0 Å². The third-order valence-electron chi connectivity index (χ3n) is 2.66. The average Bonchev–Trinajstić information content (AvgIpc) is 2.66. The smallest absolute Gasteiger partial charge is 0.416 e. The van der Waals surface area contributed by atoms with Crippen molar-refractivity contribution in [3.8, 4) is 5.75 Å². The molecule has 3 nitrogen and oxygen atoms in total. The van der Waals surface area contributed by atoms with Gasteiger partial charge in [0.1, 0.15) is 18.5 Å². The molecule has 1 heterocycles. The fourth-order valence-electron chi connectivity index (χ4n) is 1.80. The summed E-state index contributed by atoms with van der Waals surface area (Å²) >= 11 is 0. The highest BCUT2D eigenvalue weighted by molar-refractivity contribution is 5.30. The maximum absolute atomic E-state index is 12.5. The molecule has 6 heteroatoms. The summed E-state index contributed by atoms with van der Waals surface area (Å²) in [5.41, 5.74) is -0.728. The van der Waals surface area contributed by atoms with Crippen molar-refractivity contribution in [1.82, 2.24) is 0 Å². The molecule has 106 valence electrons. The van der Waals surface area contributed by atoms with Gasteiger partial charge in [-0.2, -0.15) is 13.2 Å². The second-order valence-corrected chi connectivity index (χ2v) is 4.79. The van der Waals surface area contributed by atoms with Crippen LogP contribution in [0.25, 0.3) is 0 Å². The third-order valence-corrected chi connectivity index (χ3v) is 2.66. The van der Waals surface area contributed by atoms with Crippen LogP contribution < -0.4 is 4.74 Å². The van der Waals surface area contributed by atoms with Gasteiger partial charge in [0.05, 0.1) is 12.2 Å². The lowest BCUT2D eigenvalue weighted by Crippen LogP contribution is -2.25. The summed E-state index contributed by atoms with van der Waals surface area (Å²) in [5, 5.41) is 0. The molecular formula is C13H15F3O3. The van der Waals surface area contributed by atoms with Gasteiger partial charge in [-0.1, -0.05) is 6.07 Å². The lowest BCUT2D eigenvalue weighted by molar-refractivity contribution is -0.141. The SMILES string of the molecule is CC1(C)OC[C@H](COc2cccc(C(F)(F)F)c2)O1. The first-order valence-corrected chi connectivity index (χ1v) is 5.88. The predicted molar refractivity (Wildman–Crippen MR) is 61.8 cm³/mol. The minimum absolute atomic E-state index is 0.157. The molecular weight excluding hydrogens is 261 g/mol. The van der Waals surface area contributed by atoms with Gasteiger partial charge in [0, 0.05) is 0 Å². The van der Waals surface area contributed by atoms with Crippen molar-refractivity contribution in [2.45, 2.75) is 31.9 Å². The zero-order chi connectivity index (χ0) is 14.1. The van der Waals surface area contributed by atoms with E-state index in [4.69, 9.17) is 14.2 Å². The van der Waals surface area contributed by atoms with Crippen LogP contribution in [0.5, 0.6) is 5.75 Å². The molecule has 1 aliphatic heterocycles. The van der Waals surface area contributed by atoms with Gasteiger partial charge in [-0.25, -0.2) is 0 Å². The van der Waals surface area contributed by atoms with Crippen LogP contribution in [0.2, 0.25) is 0 Å². The molecule has 0 unspecified atom stereocenters. The Morgan fingerprint density at radius 1 is 1.37 bits per heavy atom. The Hall–Kier alpha value is -1.27. The molecule has 1 fully saturated rings. The van der Waals surface area contributed by atoms with Crippen molar-refractivity contribution in [2.75, 3.05) is 13.2 Å². The number of hydrogen-bond donors (Lipinski definition) is 0.